The van der Waals surface area contributed by atoms with Gasteiger partial charge in [0.15, 0.2) is 0 Å². The van der Waals surface area contributed by atoms with Crippen molar-refractivity contribution in [2.75, 3.05) is 7.11 Å². The highest BCUT2D eigenvalue weighted by Gasteiger charge is 2.09. The number of carbonyl (C=O) groups excluding carboxylic acids is 1. The highest BCUT2D eigenvalue weighted by Crippen LogP contribution is 2.14. The number of imidazole rings is 1. The lowest BCUT2D eigenvalue weighted by molar-refractivity contribution is -0.384. The number of nitro benzene ring substituents is 1. The monoisotopic (exact) mass is 275 g/mol. The lowest BCUT2D eigenvalue weighted by Crippen LogP contribution is -2.10. The first kappa shape index (κ1) is 13.7. The third kappa shape index (κ3) is 3.19. The third-order valence-electron chi connectivity index (χ3n) is 2.85. The van der Waals surface area contributed by atoms with Crippen LogP contribution in [0.25, 0.3) is 0 Å². The van der Waals surface area contributed by atoms with Crippen molar-refractivity contribution in [3.05, 3.63) is 58.2 Å². The van der Waals surface area contributed by atoms with Crippen LogP contribution < -0.4 is 0 Å². The molecule has 7 heteroatoms. The number of nitro groups is 1. The summed E-state index contributed by atoms with van der Waals surface area (Å²) in [5.74, 6) is -0.338. The number of nitrogens with zero attached hydrogens (tertiary/aromatic N) is 3. The van der Waals surface area contributed by atoms with E-state index in [0.717, 1.165) is 11.3 Å². The smallest absolute Gasteiger partial charge is 0.311 e. The van der Waals surface area contributed by atoms with Gasteiger partial charge in [-0.05, 0) is 5.56 Å². The number of esters is 1. The Balaban J connectivity index is 2.12. The molecule has 104 valence electrons. The minimum absolute atomic E-state index is 0.0502. The molecule has 2 rings (SSSR count). The number of carbonyl (C=O) groups is 1. The zero-order valence-electron chi connectivity index (χ0n) is 10.9. The van der Waals surface area contributed by atoms with Crippen LogP contribution in [0.4, 0.5) is 5.69 Å². The molecule has 20 heavy (non-hydrogen) atoms. The van der Waals surface area contributed by atoms with Crippen LogP contribution in [0.2, 0.25) is 0 Å². The van der Waals surface area contributed by atoms with Crippen LogP contribution >= 0.6 is 0 Å². The SMILES string of the molecule is COC(=O)Cc1cncn1Cc1ccc([N+](=O)[O-])cc1. The van der Waals surface area contributed by atoms with E-state index in [0.29, 0.717) is 6.54 Å². The molecule has 0 amide bonds. The van der Waals surface area contributed by atoms with Crippen molar-refractivity contribution in [2.24, 2.45) is 0 Å². The summed E-state index contributed by atoms with van der Waals surface area (Å²) in [5.41, 5.74) is 1.67. The highest BCUT2D eigenvalue weighted by atomic mass is 16.6. The van der Waals surface area contributed by atoms with Crippen molar-refractivity contribution >= 4 is 11.7 Å². The molecule has 1 aromatic carbocycles. The Labute approximate surface area is 115 Å². The maximum absolute atomic E-state index is 11.3. The minimum Gasteiger partial charge on any atom is -0.469 e. The van der Waals surface area contributed by atoms with Gasteiger partial charge in [-0.25, -0.2) is 4.98 Å². The maximum Gasteiger partial charge on any atom is 0.311 e. The van der Waals surface area contributed by atoms with Gasteiger partial charge >= 0.3 is 5.97 Å². The van der Waals surface area contributed by atoms with Gasteiger partial charge in [0.1, 0.15) is 0 Å². The van der Waals surface area contributed by atoms with E-state index in [-0.39, 0.29) is 18.1 Å². The Kier molecular flexibility index (Phi) is 4.09. The van der Waals surface area contributed by atoms with Gasteiger partial charge in [-0.1, -0.05) is 12.1 Å². The van der Waals surface area contributed by atoms with E-state index in [1.54, 1.807) is 29.2 Å². The van der Waals surface area contributed by atoms with Gasteiger partial charge in [0.05, 0.1) is 24.8 Å². The molecule has 0 aliphatic carbocycles. The van der Waals surface area contributed by atoms with Gasteiger partial charge in [-0.3, -0.25) is 14.9 Å². The van der Waals surface area contributed by atoms with Gasteiger partial charge in [-0.2, -0.15) is 0 Å². The first-order valence-corrected chi connectivity index (χ1v) is 5.89. The number of benzene rings is 1. The lowest BCUT2D eigenvalue weighted by Gasteiger charge is -2.07. The summed E-state index contributed by atoms with van der Waals surface area (Å²) in [4.78, 5) is 25.4. The Morgan fingerprint density at radius 1 is 1.40 bits per heavy atom. The maximum atomic E-state index is 11.3. The Hall–Kier alpha value is -2.70. The zero-order chi connectivity index (χ0) is 14.5. The molecule has 0 fully saturated rings. The fraction of sp³-hybridized carbons (Fsp3) is 0.231. The second-order valence-corrected chi connectivity index (χ2v) is 4.19. The van der Waals surface area contributed by atoms with Crippen molar-refractivity contribution in [3.63, 3.8) is 0 Å². The van der Waals surface area contributed by atoms with E-state index in [1.165, 1.54) is 19.2 Å². The summed E-state index contributed by atoms with van der Waals surface area (Å²) in [5, 5.41) is 10.6. The second-order valence-electron chi connectivity index (χ2n) is 4.19. The molecule has 0 aliphatic heterocycles. The van der Waals surface area contributed by atoms with Crippen molar-refractivity contribution in [1.29, 1.82) is 0 Å². The minimum atomic E-state index is -0.441. The molecule has 0 aliphatic rings. The Bertz CT molecular complexity index is 619. The van der Waals surface area contributed by atoms with Gasteiger partial charge in [-0.15, -0.1) is 0 Å². The number of ether oxygens (including phenoxy) is 1. The molecule has 0 spiro atoms. The number of rotatable bonds is 5. The Morgan fingerprint density at radius 2 is 2.10 bits per heavy atom. The number of hydrogen-bond donors (Lipinski definition) is 0. The molecule has 0 atom stereocenters. The molecule has 0 unspecified atom stereocenters. The first-order valence-electron chi connectivity index (χ1n) is 5.89. The fourth-order valence-electron chi connectivity index (χ4n) is 1.78. The summed E-state index contributed by atoms with van der Waals surface area (Å²) in [6, 6.07) is 6.26. The van der Waals surface area contributed by atoms with E-state index in [2.05, 4.69) is 9.72 Å². The first-order chi connectivity index (χ1) is 9.60. The van der Waals surface area contributed by atoms with Crippen molar-refractivity contribution < 1.29 is 14.5 Å². The van der Waals surface area contributed by atoms with Crippen LogP contribution in [-0.2, 0) is 22.5 Å². The van der Waals surface area contributed by atoms with E-state index in [4.69, 9.17) is 0 Å². The van der Waals surface area contributed by atoms with Gasteiger partial charge < -0.3 is 9.30 Å². The van der Waals surface area contributed by atoms with Crippen LogP contribution in [0.5, 0.6) is 0 Å². The van der Waals surface area contributed by atoms with E-state index < -0.39 is 4.92 Å². The average Bonchev–Trinajstić information content (AvgIpc) is 2.86. The molecule has 0 saturated carbocycles. The van der Waals surface area contributed by atoms with Gasteiger partial charge in [0.25, 0.3) is 5.69 Å². The molecule has 1 heterocycles. The summed E-state index contributed by atoms with van der Waals surface area (Å²) in [6.07, 6.45) is 3.35. The van der Waals surface area contributed by atoms with Crippen LogP contribution in [0, 0.1) is 10.1 Å². The largest absolute Gasteiger partial charge is 0.469 e. The number of non-ortho nitro benzene ring substituents is 1. The molecule has 0 bridgehead atoms. The number of hydrogen-bond acceptors (Lipinski definition) is 5. The van der Waals surface area contributed by atoms with Crippen LogP contribution in [0.15, 0.2) is 36.8 Å². The molecule has 0 radical (unpaired) electrons. The summed E-state index contributed by atoms with van der Waals surface area (Å²) < 4.78 is 6.42. The molecular formula is C13H13N3O4. The van der Waals surface area contributed by atoms with E-state index in [1.807, 2.05) is 0 Å². The molecular weight excluding hydrogens is 262 g/mol. The van der Waals surface area contributed by atoms with Crippen molar-refractivity contribution in [1.82, 2.24) is 9.55 Å². The van der Waals surface area contributed by atoms with Crippen LogP contribution in [0.1, 0.15) is 11.3 Å². The summed E-state index contributed by atoms with van der Waals surface area (Å²) >= 11 is 0. The lowest BCUT2D eigenvalue weighted by atomic mass is 10.2. The second kappa shape index (κ2) is 5.96. The zero-order valence-corrected chi connectivity index (χ0v) is 10.9. The Morgan fingerprint density at radius 3 is 2.70 bits per heavy atom. The van der Waals surface area contributed by atoms with Crippen molar-refractivity contribution in [3.8, 4) is 0 Å². The van der Waals surface area contributed by atoms with E-state index in [9.17, 15) is 14.9 Å². The molecule has 1 aromatic heterocycles. The van der Waals surface area contributed by atoms with Gasteiger partial charge in [0, 0.05) is 30.6 Å². The van der Waals surface area contributed by atoms with Crippen LogP contribution in [0.3, 0.4) is 0 Å². The number of methoxy groups -OCH3 is 1. The predicted molar refractivity (Wildman–Crippen MR) is 70.1 cm³/mol. The van der Waals surface area contributed by atoms with Crippen molar-refractivity contribution in [2.45, 2.75) is 13.0 Å². The quantitative estimate of drug-likeness (QED) is 0.469. The van der Waals surface area contributed by atoms with Gasteiger partial charge in [0.2, 0.25) is 0 Å². The molecule has 0 saturated heterocycles. The average molecular weight is 275 g/mol. The predicted octanol–water partition coefficient (Wildman–Crippen LogP) is 1.56. The van der Waals surface area contributed by atoms with Crippen LogP contribution in [-0.4, -0.2) is 27.6 Å². The highest BCUT2D eigenvalue weighted by molar-refractivity contribution is 5.71. The molecule has 0 N–H and O–H groups in total. The summed E-state index contributed by atoms with van der Waals surface area (Å²) in [6.45, 7) is 0.490. The topological polar surface area (TPSA) is 87.3 Å². The third-order valence-corrected chi connectivity index (χ3v) is 2.85. The standard InChI is InChI=1S/C13H13N3O4/c1-20-13(17)6-12-7-14-9-15(12)8-10-2-4-11(5-3-10)16(18)19/h2-5,7,9H,6,8H2,1H3. The molecule has 7 nitrogen and oxygen atoms in total. The van der Waals surface area contributed by atoms with E-state index >= 15 is 0 Å². The molecule has 2 aromatic rings. The fourth-order valence-corrected chi connectivity index (χ4v) is 1.78. The summed E-state index contributed by atoms with van der Waals surface area (Å²) in [7, 11) is 1.33. The number of aromatic nitrogens is 2. The normalized spacial score (nSPS) is 10.2.